The molecular weight excluding hydrogens is 454 g/mol. The van der Waals surface area contributed by atoms with Gasteiger partial charge in [-0.1, -0.05) is 30.8 Å². The number of benzene rings is 2. The molecule has 1 N–H and O–H groups in total. The number of aromatic nitrogens is 2. The van der Waals surface area contributed by atoms with Crippen LogP contribution >= 0.6 is 11.8 Å². The highest BCUT2D eigenvalue weighted by Gasteiger charge is 2.20. The Labute approximate surface area is 202 Å². The lowest BCUT2D eigenvalue weighted by Gasteiger charge is -2.36. The molecule has 4 rings (SSSR count). The van der Waals surface area contributed by atoms with Crippen LogP contribution in [0, 0.1) is 0 Å². The molecule has 3 aromatic rings. The number of nitrogens with one attached hydrogen (secondary N) is 1. The van der Waals surface area contributed by atoms with Gasteiger partial charge < -0.3 is 24.3 Å². The van der Waals surface area contributed by atoms with Crippen molar-refractivity contribution in [2.75, 3.05) is 49.3 Å². The monoisotopic (exact) mass is 481 g/mol. The minimum Gasteiger partial charge on any atom is -0.496 e. The molecule has 10 heteroatoms. The number of piperazine rings is 1. The molecule has 0 unspecified atom stereocenters. The average Bonchev–Trinajstić information content (AvgIpc) is 3.36. The molecule has 0 spiro atoms. The molecule has 2 heterocycles. The lowest BCUT2D eigenvalue weighted by molar-refractivity contribution is -0.131. The highest BCUT2D eigenvalue weighted by molar-refractivity contribution is 7.99. The van der Waals surface area contributed by atoms with E-state index in [1.165, 1.54) is 11.8 Å². The number of hydrogen-bond acceptors (Lipinski definition) is 8. The van der Waals surface area contributed by atoms with Gasteiger partial charge in [-0.2, -0.15) is 0 Å². The number of rotatable bonds is 8. The predicted molar refractivity (Wildman–Crippen MR) is 131 cm³/mol. The Morgan fingerprint density at radius 3 is 2.50 bits per heavy atom. The van der Waals surface area contributed by atoms with Crippen molar-refractivity contribution in [3.8, 4) is 17.2 Å². The molecule has 0 aliphatic carbocycles. The molecular formula is C24H27N5O4S. The largest absolute Gasteiger partial charge is 0.496 e. The highest BCUT2D eigenvalue weighted by atomic mass is 32.2. The van der Waals surface area contributed by atoms with Crippen LogP contribution in [0.2, 0.25) is 0 Å². The van der Waals surface area contributed by atoms with Gasteiger partial charge in [-0.25, -0.2) is 0 Å². The van der Waals surface area contributed by atoms with Gasteiger partial charge in [0.1, 0.15) is 5.75 Å². The molecule has 9 nitrogen and oxygen atoms in total. The second kappa shape index (κ2) is 11.1. The first-order chi connectivity index (χ1) is 16.6. The van der Waals surface area contributed by atoms with Gasteiger partial charge in [-0.3, -0.25) is 9.59 Å². The molecule has 1 fully saturated rings. The number of ether oxygens (including phenoxy) is 1. The number of amides is 2. The van der Waals surface area contributed by atoms with E-state index in [0.717, 1.165) is 37.6 Å². The molecule has 34 heavy (non-hydrogen) atoms. The summed E-state index contributed by atoms with van der Waals surface area (Å²) < 4.78 is 11.0. The Morgan fingerprint density at radius 1 is 1.06 bits per heavy atom. The maximum absolute atomic E-state index is 12.4. The van der Waals surface area contributed by atoms with Crippen molar-refractivity contribution in [2.24, 2.45) is 0 Å². The fourth-order valence-electron chi connectivity index (χ4n) is 3.72. The third-order valence-electron chi connectivity index (χ3n) is 5.52. The molecule has 2 aromatic carbocycles. The quantitative estimate of drug-likeness (QED) is 0.488. The van der Waals surface area contributed by atoms with Crippen LogP contribution < -0.4 is 15.0 Å². The zero-order valence-electron chi connectivity index (χ0n) is 19.2. The standard InChI is InChI=1S/C24H27N5O4S/c1-3-22(31)29-14-12-28(13-15-29)18-10-8-17(9-11-18)25-21(30)16-34-24-27-26-23(33-24)19-6-4-5-7-20(19)32-2/h4-11H,3,12-16H2,1-2H3,(H,25,30). The summed E-state index contributed by atoms with van der Waals surface area (Å²) in [4.78, 5) is 28.4. The minimum atomic E-state index is -0.165. The van der Waals surface area contributed by atoms with Crippen molar-refractivity contribution < 1.29 is 18.7 Å². The Morgan fingerprint density at radius 2 is 1.79 bits per heavy atom. The SMILES string of the molecule is CCC(=O)N1CCN(c2ccc(NC(=O)CSc3nnc(-c4ccccc4OC)o3)cc2)CC1. The molecule has 1 aliphatic rings. The number of carbonyl (C=O) groups excluding carboxylic acids is 2. The fourth-order valence-corrected chi connectivity index (χ4v) is 4.28. The van der Waals surface area contributed by atoms with E-state index in [9.17, 15) is 9.59 Å². The second-order valence-electron chi connectivity index (χ2n) is 7.68. The van der Waals surface area contributed by atoms with Crippen LogP contribution in [0.25, 0.3) is 11.5 Å². The van der Waals surface area contributed by atoms with E-state index in [4.69, 9.17) is 9.15 Å². The van der Waals surface area contributed by atoms with Crippen molar-refractivity contribution in [1.82, 2.24) is 15.1 Å². The topological polar surface area (TPSA) is 101 Å². The Bertz CT molecular complexity index is 1130. The van der Waals surface area contributed by atoms with Crippen LogP contribution in [0.3, 0.4) is 0 Å². The number of hydrogen-bond donors (Lipinski definition) is 1. The van der Waals surface area contributed by atoms with Crippen molar-refractivity contribution in [3.05, 3.63) is 48.5 Å². The predicted octanol–water partition coefficient (Wildman–Crippen LogP) is 3.53. The van der Waals surface area contributed by atoms with Gasteiger partial charge in [0.15, 0.2) is 0 Å². The average molecular weight is 482 g/mol. The second-order valence-corrected chi connectivity index (χ2v) is 8.61. The summed E-state index contributed by atoms with van der Waals surface area (Å²) in [6.45, 7) is 4.96. The number of thioether (sulfide) groups is 1. The summed E-state index contributed by atoms with van der Waals surface area (Å²) in [5.74, 6) is 1.16. The van der Waals surface area contributed by atoms with E-state index in [1.807, 2.05) is 60.4 Å². The van der Waals surface area contributed by atoms with Crippen molar-refractivity contribution >= 4 is 35.0 Å². The van der Waals surface area contributed by atoms with Crippen molar-refractivity contribution in [1.29, 1.82) is 0 Å². The fraction of sp³-hybridized carbons (Fsp3) is 0.333. The van der Waals surface area contributed by atoms with Crippen LogP contribution in [0.1, 0.15) is 13.3 Å². The summed E-state index contributed by atoms with van der Waals surface area (Å²) in [7, 11) is 1.58. The maximum Gasteiger partial charge on any atom is 0.277 e. The Balaban J connectivity index is 1.26. The molecule has 0 saturated carbocycles. The summed E-state index contributed by atoms with van der Waals surface area (Å²) in [6.07, 6.45) is 0.544. The first-order valence-electron chi connectivity index (χ1n) is 11.1. The van der Waals surface area contributed by atoms with Crippen molar-refractivity contribution in [2.45, 2.75) is 18.6 Å². The third kappa shape index (κ3) is 5.69. The maximum atomic E-state index is 12.4. The van der Waals surface area contributed by atoms with Gasteiger partial charge in [0, 0.05) is 44.0 Å². The number of methoxy groups -OCH3 is 1. The first kappa shape index (κ1) is 23.6. The lowest BCUT2D eigenvalue weighted by Crippen LogP contribution is -2.48. The molecule has 0 atom stereocenters. The smallest absolute Gasteiger partial charge is 0.277 e. The zero-order chi connectivity index (χ0) is 23.9. The van der Waals surface area contributed by atoms with Crippen LogP contribution in [0.5, 0.6) is 5.75 Å². The van der Waals surface area contributed by atoms with E-state index >= 15 is 0 Å². The minimum absolute atomic E-state index is 0.142. The number of carbonyl (C=O) groups is 2. The molecule has 1 aliphatic heterocycles. The molecule has 0 radical (unpaired) electrons. The van der Waals surface area contributed by atoms with Crippen molar-refractivity contribution in [3.63, 3.8) is 0 Å². The molecule has 2 amide bonds. The van der Waals surface area contributed by atoms with E-state index in [-0.39, 0.29) is 17.6 Å². The lowest BCUT2D eigenvalue weighted by atomic mass is 10.2. The molecule has 1 aromatic heterocycles. The number of para-hydroxylation sites is 1. The van der Waals surface area contributed by atoms with Gasteiger partial charge in [-0.15, -0.1) is 10.2 Å². The van der Waals surface area contributed by atoms with Gasteiger partial charge >= 0.3 is 0 Å². The number of anilines is 2. The van der Waals surface area contributed by atoms with Gasteiger partial charge in [0.05, 0.1) is 18.4 Å². The third-order valence-corrected chi connectivity index (χ3v) is 6.34. The van der Waals surface area contributed by atoms with Crippen LogP contribution in [-0.2, 0) is 9.59 Å². The molecule has 1 saturated heterocycles. The van der Waals surface area contributed by atoms with E-state index < -0.39 is 0 Å². The van der Waals surface area contributed by atoms with Crippen LogP contribution in [-0.4, -0.2) is 66.0 Å². The summed E-state index contributed by atoms with van der Waals surface area (Å²) in [5, 5.41) is 11.3. The van der Waals surface area contributed by atoms with E-state index in [1.54, 1.807) is 7.11 Å². The Hall–Kier alpha value is -3.53. The van der Waals surface area contributed by atoms with Crippen LogP contribution in [0.4, 0.5) is 11.4 Å². The van der Waals surface area contributed by atoms with Crippen LogP contribution in [0.15, 0.2) is 58.2 Å². The summed E-state index contributed by atoms with van der Waals surface area (Å²) >= 11 is 1.17. The van der Waals surface area contributed by atoms with Gasteiger partial charge in [-0.05, 0) is 36.4 Å². The summed E-state index contributed by atoms with van der Waals surface area (Å²) in [6, 6.07) is 15.1. The summed E-state index contributed by atoms with van der Waals surface area (Å²) in [5.41, 5.74) is 2.49. The molecule has 0 bridgehead atoms. The highest BCUT2D eigenvalue weighted by Crippen LogP contribution is 2.30. The number of nitrogens with zero attached hydrogens (tertiary/aromatic N) is 4. The first-order valence-corrected chi connectivity index (χ1v) is 12.1. The zero-order valence-corrected chi connectivity index (χ0v) is 20.0. The Kier molecular flexibility index (Phi) is 7.69. The van der Waals surface area contributed by atoms with E-state index in [0.29, 0.717) is 28.8 Å². The van der Waals surface area contributed by atoms with Gasteiger partial charge in [0.2, 0.25) is 11.8 Å². The van der Waals surface area contributed by atoms with Gasteiger partial charge in [0.25, 0.3) is 11.1 Å². The normalized spacial score (nSPS) is 13.6. The van der Waals surface area contributed by atoms with E-state index in [2.05, 4.69) is 20.4 Å². The molecule has 178 valence electrons.